The van der Waals surface area contributed by atoms with Gasteiger partial charge in [-0.3, -0.25) is 14.6 Å². The minimum atomic E-state index is -4.81. The van der Waals surface area contributed by atoms with Crippen LogP contribution in [0.4, 0.5) is 13.2 Å². The standard InChI is InChI=1S/C23H20F3NO4S/c1-12-19(22(29)30-2)20(13-5-7-15(8-6-13)31-23(24,25)26)21-16(27-12)10-14(11-17(21)28)18-4-3-9-32-18/h3-9,14,19-20H,10-11H2,1-2H3/t14-,19?,20+/m0/s1. The molecule has 4 rings (SSSR count). The number of ether oxygens (including phenoxy) is 2. The number of alkyl halides is 3. The first kappa shape index (κ1) is 22.3. The van der Waals surface area contributed by atoms with Gasteiger partial charge in [-0.2, -0.15) is 0 Å². The lowest BCUT2D eigenvalue weighted by atomic mass is 9.70. The van der Waals surface area contributed by atoms with Crippen LogP contribution in [-0.4, -0.2) is 30.9 Å². The van der Waals surface area contributed by atoms with Crippen LogP contribution in [0.5, 0.6) is 5.75 Å². The van der Waals surface area contributed by atoms with Crippen LogP contribution in [0.3, 0.4) is 0 Å². The summed E-state index contributed by atoms with van der Waals surface area (Å²) in [5.74, 6) is -2.56. The molecule has 2 heterocycles. The normalized spacial score (nSPS) is 23.5. The lowest BCUT2D eigenvalue weighted by molar-refractivity contribution is -0.274. The maximum atomic E-state index is 13.3. The lowest BCUT2D eigenvalue weighted by Gasteiger charge is -2.36. The third kappa shape index (κ3) is 4.34. The fourth-order valence-corrected chi connectivity index (χ4v) is 5.28. The number of carbonyl (C=O) groups is 2. The van der Waals surface area contributed by atoms with E-state index in [1.54, 1.807) is 18.3 Å². The van der Waals surface area contributed by atoms with Gasteiger partial charge in [-0.05, 0) is 42.5 Å². The van der Waals surface area contributed by atoms with Gasteiger partial charge in [0.05, 0.1) is 7.11 Å². The highest BCUT2D eigenvalue weighted by Gasteiger charge is 2.44. The summed E-state index contributed by atoms with van der Waals surface area (Å²) in [6.45, 7) is 1.71. The zero-order chi connectivity index (χ0) is 23.0. The highest BCUT2D eigenvalue weighted by atomic mass is 32.1. The van der Waals surface area contributed by atoms with Crippen molar-refractivity contribution in [3.05, 3.63) is 63.5 Å². The second kappa shape index (κ2) is 8.54. The third-order valence-electron chi connectivity index (χ3n) is 5.76. The van der Waals surface area contributed by atoms with E-state index in [2.05, 4.69) is 9.73 Å². The highest BCUT2D eigenvalue weighted by Crippen LogP contribution is 2.47. The molecule has 0 amide bonds. The molecule has 1 aliphatic carbocycles. The summed E-state index contributed by atoms with van der Waals surface area (Å²) in [5, 5.41) is 1.96. The molecule has 32 heavy (non-hydrogen) atoms. The van der Waals surface area contributed by atoms with Crippen molar-refractivity contribution in [3.63, 3.8) is 0 Å². The average Bonchev–Trinajstić information content (AvgIpc) is 3.26. The number of halogens is 3. The van der Waals surface area contributed by atoms with Gasteiger partial charge in [0, 0.05) is 40.1 Å². The first-order valence-corrected chi connectivity index (χ1v) is 10.8. The Balaban J connectivity index is 1.76. The Morgan fingerprint density at radius 2 is 1.88 bits per heavy atom. The largest absolute Gasteiger partial charge is 0.573 e. The molecular weight excluding hydrogens is 443 g/mol. The molecule has 1 aromatic heterocycles. The van der Waals surface area contributed by atoms with Gasteiger partial charge < -0.3 is 9.47 Å². The number of aliphatic imine (C=N–C) groups is 1. The Bertz CT molecular complexity index is 1090. The second-order valence-electron chi connectivity index (χ2n) is 7.75. The Morgan fingerprint density at radius 3 is 2.47 bits per heavy atom. The molecule has 5 nitrogen and oxygen atoms in total. The van der Waals surface area contributed by atoms with Gasteiger partial charge in [0.25, 0.3) is 0 Å². The molecular formula is C23H20F3NO4S. The molecule has 0 saturated heterocycles. The quantitative estimate of drug-likeness (QED) is 0.570. The number of allylic oxidation sites excluding steroid dienone is 2. The summed E-state index contributed by atoms with van der Waals surface area (Å²) < 4.78 is 46.5. The van der Waals surface area contributed by atoms with E-state index in [-0.39, 0.29) is 23.9 Å². The summed E-state index contributed by atoms with van der Waals surface area (Å²) in [6.07, 6.45) is -3.97. The number of Topliss-reactive ketones (excluding diaryl/α,β-unsaturated/α-hetero) is 1. The number of methoxy groups -OCH3 is 1. The third-order valence-corrected chi connectivity index (χ3v) is 6.80. The van der Waals surface area contributed by atoms with Crippen molar-refractivity contribution < 1.29 is 32.2 Å². The summed E-state index contributed by atoms with van der Waals surface area (Å²) >= 11 is 1.58. The summed E-state index contributed by atoms with van der Waals surface area (Å²) in [6, 6.07) is 9.18. The van der Waals surface area contributed by atoms with Crippen LogP contribution in [0.2, 0.25) is 0 Å². The Hall–Kier alpha value is -2.94. The maximum Gasteiger partial charge on any atom is 0.573 e. The predicted molar refractivity (Wildman–Crippen MR) is 113 cm³/mol. The molecule has 2 aromatic rings. The molecule has 0 fully saturated rings. The highest BCUT2D eigenvalue weighted by molar-refractivity contribution is 7.10. The van der Waals surface area contributed by atoms with E-state index in [9.17, 15) is 22.8 Å². The van der Waals surface area contributed by atoms with Gasteiger partial charge in [0.1, 0.15) is 11.7 Å². The Kier molecular flexibility index (Phi) is 5.94. The van der Waals surface area contributed by atoms with E-state index in [0.29, 0.717) is 29.0 Å². The van der Waals surface area contributed by atoms with Crippen molar-refractivity contribution in [2.75, 3.05) is 7.11 Å². The van der Waals surface area contributed by atoms with Gasteiger partial charge in [0.15, 0.2) is 5.78 Å². The van der Waals surface area contributed by atoms with Gasteiger partial charge in [-0.25, -0.2) is 0 Å². The average molecular weight is 463 g/mol. The smallest absolute Gasteiger partial charge is 0.468 e. The molecule has 9 heteroatoms. The van der Waals surface area contributed by atoms with Crippen molar-refractivity contribution in [2.45, 2.75) is 38.0 Å². The monoisotopic (exact) mass is 463 g/mol. The van der Waals surface area contributed by atoms with Gasteiger partial charge in [-0.15, -0.1) is 24.5 Å². The van der Waals surface area contributed by atoms with E-state index in [1.807, 2.05) is 17.5 Å². The number of nitrogens with zero attached hydrogens (tertiary/aromatic N) is 1. The molecule has 0 spiro atoms. The Morgan fingerprint density at radius 1 is 1.16 bits per heavy atom. The molecule has 0 bridgehead atoms. The topological polar surface area (TPSA) is 65.0 Å². The zero-order valence-electron chi connectivity index (χ0n) is 17.3. The number of thiophene rings is 1. The van der Waals surface area contributed by atoms with Crippen LogP contribution in [0.1, 0.15) is 42.0 Å². The Labute approximate surface area is 186 Å². The predicted octanol–water partition coefficient (Wildman–Crippen LogP) is 5.39. The molecule has 1 aliphatic heterocycles. The van der Waals surface area contributed by atoms with E-state index in [4.69, 9.17) is 4.74 Å². The SMILES string of the molecule is COC(=O)C1C(C)=NC2=C(C(=O)C[C@@H](c3cccs3)C2)[C@@H]1c1ccc(OC(F)(F)F)cc1. The van der Waals surface area contributed by atoms with E-state index in [0.717, 1.165) is 4.88 Å². The number of hydrogen-bond donors (Lipinski definition) is 0. The molecule has 1 aromatic carbocycles. The van der Waals surface area contributed by atoms with Crippen molar-refractivity contribution >= 4 is 28.8 Å². The molecule has 168 valence electrons. The number of esters is 1. The van der Waals surface area contributed by atoms with Crippen molar-refractivity contribution in [1.82, 2.24) is 0 Å². The maximum absolute atomic E-state index is 13.3. The molecule has 0 radical (unpaired) electrons. The first-order chi connectivity index (χ1) is 15.2. The van der Waals surface area contributed by atoms with Crippen LogP contribution >= 0.6 is 11.3 Å². The van der Waals surface area contributed by atoms with Crippen LogP contribution in [0.25, 0.3) is 0 Å². The summed E-state index contributed by atoms with van der Waals surface area (Å²) in [4.78, 5) is 31.6. The van der Waals surface area contributed by atoms with Crippen molar-refractivity contribution in [2.24, 2.45) is 10.9 Å². The molecule has 2 aliphatic rings. The van der Waals surface area contributed by atoms with Crippen LogP contribution < -0.4 is 4.74 Å². The van der Waals surface area contributed by atoms with Gasteiger partial charge >= 0.3 is 12.3 Å². The summed E-state index contributed by atoms with van der Waals surface area (Å²) in [7, 11) is 1.26. The lowest BCUT2D eigenvalue weighted by Crippen LogP contribution is -2.37. The van der Waals surface area contributed by atoms with Gasteiger partial charge in [-0.1, -0.05) is 18.2 Å². The first-order valence-electron chi connectivity index (χ1n) is 9.96. The van der Waals surface area contributed by atoms with Crippen LogP contribution in [0.15, 0.2) is 58.0 Å². The fourth-order valence-electron chi connectivity index (χ4n) is 4.45. The molecule has 3 atom stereocenters. The second-order valence-corrected chi connectivity index (χ2v) is 8.73. The minimum absolute atomic E-state index is 0.00990. The zero-order valence-corrected chi connectivity index (χ0v) is 18.1. The number of benzene rings is 1. The summed E-state index contributed by atoms with van der Waals surface area (Å²) in [5.41, 5.74) is 2.09. The van der Waals surface area contributed by atoms with Crippen molar-refractivity contribution in [1.29, 1.82) is 0 Å². The van der Waals surface area contributed by atoms with E-state index < -0.39 is 24.2 Å². The van der Waals surface area contributed by atoms with Crippen LogP contribution in [-0.2, 0) is 14.3 Å². The molecule has 0 N–H and O–H groups in total. The minimum Gasteiger partial charge on any atom is -0.468 e. The number of carbonyl (C=O) groups excluding carboxylic acids is 2. The number of ketones is 1. The number of hydrogen-bond acceptors (Lipinski definition) is 6. The molecule has 0 saturated carbocycles. The van der Waals surface area contributed by atoms with Gasteiger partial charge in [0.2, 0.25) is 0 Å². The molecule has 1 unspecified atom stereocenters. The fraction of sp³-hybridized carbons (Fsp3) is 0.348. The van der Waals surface area contributed by atoms with E-state index in [1.165, 1.54) is 31.4 Å². The number of rotatable bonds is 4. The van der Waals surface area contributed by atoms with E-state index >= 15 is 0 Å². The van der Waals surface area contributed by atoms with Crippen LogP contribution in [0, 0.1) is 5.92 Å². The van der Waals surface area contributed by atoms with Crippen molar-refractivity contribution in [3.8, 4) is 5.75 Å².